The Balaban J connectivity index is 1.69. The van der Waals surface area contributed by atoms with Crippen LogP contribution in [0.1, 0.15) is 32.0 Å². The highest BCUT2D eigenvalue weighted by atomic mass is 16.2. The molecule has 1 saturated heterocycles. The molecular weight excluding hydrogens is 304 g/mol. The Hall–Kier alpha value is -2.63. The lowest BCUT2D eigenvalue weighted by atomic mass is 10.2. The van der Waals surface area contributed by atoms with Gasteiger partial charge >= 0.3 is 0 Å². The van der Waals surface area contributed by atoms with Gasteiger partial charge in [-0.2, -0.15) is 0 Å². The zero-order valence-corrected chi connectivity index (χ0v) is 14.0. The second-order valence-corrected chi connectivity index (χ2v) is 5.98. The van der Waals surface area contributed by atoms with Crippen LogP contribution < -0.4 is 5.32 Å². The van der Waals surface area contributed by atoms with Crippen molar-refractivity contribution in [2.45, 2.75) is 39.2 Å². The molecule has 1 aliphatic rings. The predicted octanol–water partition coefficient (Wildman–Crippen LogP) is 2.52. The highest BCUT2D eigenvalue weighted by Gasteiger charge is 2.33. The normalized spacial score (nSPS) is 17.1. The van der Waals surface area contributed by atoms with E-state index in [1.807, 2.05) is 48.9 Å². The molecule has 0 radical (unpaired) electrons. The average Bonchev–Trinajstić information content (AvgIpc) is 3.24. The van der Waals surface area contributed by atoms with Gasteiger partial charge in [0.1, 0.15) is 11.9 Å². The zero-order valence-electron chi connectivity index (χ0n) is 14.0. The number of carbonyl (C=O) groups is 2. The summed E-state index contributed by atoms with van der Waals surface area (Å²) in [6.07, 6.45) is 5.69. The standard InChI is InChI=1S/C18H22N4O2/c1-3-17(23)22-11-4-5-16(22)18(24)20-14-6-8-15(9-7-14)21-12-10-19-13(21)2/h6-10,12,16H,3-5,11H2,1-2H3,(H,20,24). The Morgan fingerprint density at radius 3 is 2.67 bits per heavy atom. The molecule has 3 rings (SSSR count). The quantitative estimate of drug-likeness (QED) is 0.939. The molecule has 1 unspecified atom stereocenters. The van der Waals surface area contributed by atoms with Crippen molar-refractivity contribution in [3.63, 3.8) is 0 Å². The number of nitrogens with one attached hydrogen (secondary N) is 1. The number of hydrogen-bond acceptors (Lipinski definition) is 3. The van der Waals surface area contributed by atoms with Crippen molar-refractivity contribution in [1.29, 1.82) is 0 Å². The number of nitrogens with zero attached hydrogens (tertiary/aromatic N) is 3. The van der Waals surface area contributed by atoms with Gasteiger partial charge in [-0.3, -0.25) is 9.59 Å². The second kappa shape index (κ2) is 6.86. The van der Waals surface area contributed by atoms with Gasteiger partial charge in [-0.05, 0) is 44.0 Å². The van der Waals surface area contributed by atoms with Crippen LogP contribution in [-0.4, -0.2) is 38.9 Å². The van der Waals surface area contributed by atoms with Crippen LogP contribution in [0.5, 0.6) is 0 Å². The number of amides is 2. The Labute approximate surface area is 141 Å². The maximum absolute atomic E-state index is 12.5. The second-order valence-electron chi connectivity index (χ2n) is 5.98. The van der Waals surface area contributed by atoms with Gasteiger partial charge in [0.2, 0.25) is 11.8 Å². The number of benzene rings is 1. The van der Waals surface area contributed by atoms with E-state index in [4.69, 9.17) is 0 Å². The number of aryl methyl sites for hydroxylation is 1. The van der Waals surface area contributed by atoms with E-state index in [2.05, 4.69) is 10.3 Å². The van der Waals surface area contributed by atoms with Crippen LogP contribution in [0.4, 0.5) is 5.69 Å². The third-order valence-electron chi connectivity index (χ3n) is 4.42. The number of aromatic nitrogens is 2. The largest absolute Gasteiger partial charge is 0.331 e. The molecule has 1 aromatic heterocycles. The lowest BCUT2D eigenvalue weighted by molar-refractivity contribution is -0.136. The minimum Gasteiger partial charge on any atom is -0.331 e. The van der Waals surface area contributed by atoms with Gasteiger partial charge in [0.15, 0.2) is 0 Å². The number of carbonyl (C=O) groups excluding carboxylic acids is 2. The lowest BCUT2D eigenvalue weighted by Gasteiger charge is -2.23. The summed E-state index contributed by atoms with van der Waals surface area (Å²) < 4.78 is 1.98. The molecule has 6 nitrogen and oxygen atoms in total. The van der Waals surface area contributed by atoms with Crippen LogP contribution in [0, 0.1) is 6.92 Å². The van der Waals surface area contributed by atoms with Gasteiger partial charge in [0.25, 0.3) is 0 Å². The maximum Gasteiger partial charge on any atom is 0.247 e. The molecule has 1 N–H and O–H groups in total. The molecular formula is C18H22N4O2. The van der Waals surface area contributed by atoms with Gasteiger partial charge in [-0.15, -0.1) is 0 Å². The Bertz CT molecular complexity index is 736. The van der Waals surface area contributed by atoms with Gasteiger partial charge in [-0.25, -0.2) is 4.98 Å². The minimum absolute atomic E-state index is 0.0404. The van der Waals surface area contributed by atoms with E-state index >= 15 is 0 Å². The Kier molecular flexibility index (Phi) is 4.64. The molecule has 24 heavy (non-hydrogen) atoms. The molecule has 2 aromatic rings. The molecule has 1 aliphatic heterocycles. The third-order valence-corrected chi connectivity index (χ3v) is 4.42. The smallest absolute Gasteiger partial charge is 0.247 e. The van der Waals surface area contributed by atoms with Crippen molar-refractivity contribution in [2.75, 3.05) is 11.9 Å². The molecule has 0 bridgehead atoms. The number of hydrogen-bond donors (Lipinski definition) is 1. The number of anilines is 1. The fourth-order valence-electron chi connectivity index (χ4n) is 3.12. The van der Waals surface area contributed by atoms with Crippen molar-refractivity contribution in [1.82, 2.24) is 14.5 Å². The average molecular weight is 326 g/mol. The zero-order chi connectivity index (χ0) is 17.1. The molecule has 0 saturated carbocycles. The minimum atomic E-state index is -0.354. The Morgan fingerprint density at radius 2 is 2.04 bits per heavy atom. The van der Waals surface area contributed by atoms with E-state index < -0.39 is 0 Å². The molecule has 2 heterocycles. The van der Waals surface area contributed by atoms with Crippen LogP contribution in [0.15, 0.2) is 36.7 Å². The summed E-state index contributed by atoms with van der Waals surface area (Å²) in [7, 11) is 0. The first-order valence-electron chi connectivity index (χ1n) is 8.31. The fraction of sp³-hybridized carbons (Fsp3) is 0.389. The highest BCUT2D eigenvalue weighted by Crippen LogP contribution is 2.21. The summed E-state index contributed by atoms with van der Waals surface area (Å²) >= 11 is 0. The van der Waals surface area contributed by atoms with E-state index in [1.54, 1.807) is 11.1 Å². The summed E-state index contributed by atoms with van der Waals surface area (Å²) in [5, 5.41) is 2.92. The van der Waals surface area contributed by atoms with Crippen molar-refractivity contribution in [3.05, 3.63) is 42.5 Å². The monoisotopic (exact) mass is 326 g/mol. The first-order chi connectivity index (χ1) is 11.6. The lowest BCUT2D eigenvalue weighted by Crippen LogP contribution is -2.42. The number of likely N-dealkylation sites (tertiary alicyclic amines) is 1. The van der Waals surface area contributed by atoms with Crippen molar-refractivity contribution >= 4 is 17.5 Å². The molecule has 1 aromatic carbocycles. The summed E-state index contributed by atoms with van der Waals surface area (Å²) in [5.74, 6) is 0.839. The Morgan fingerprint density at radius 1 is 1.29 bits per heavy atom. The molecule has 6 heteroatoms. The maximum atomic E-state index is 12.5. The fourth-order valence-corrected chi connectivity index (χ4v) is 3.12. The van der Waals surface area contributed by atoms with Crippen LogP contribution in [0.3, 0.4) is 0 Å². The molecule has 126 valence electrons. The van der Waals surface area contributed by atoms with Crippen LogP contribution in [0.2, 0.25) is 0 Å². The number of imidazole rings is 1. The van der Waals surface area contributed by atoms with Crippen molar-refractivity contribution in [2.24, 2.45) is 0 Å². The van der Waals surface area contributed by atoms with Crippen molar-refractivity contribution < 1.29 is 9.59 Å². The van der Waals surface area contributed by atoms with E-state index in [1.165, 1.54) is 0 Å². The summed E-state index contributed by atoms with van der Waals surface area (Å²) in [6, 6.07) is 7.26. The van der Waals surface area contributed by atoms with E-state index in [9.17, 15) is 9.59 Å². The van der Waals surface area contributed by atoms with Crippen LogP contribution in [0.25, 0.3) is 5.69 Å². The third kappa shape index (κ3) is 3.18. The highest BCUT2D eigenvalue weighted by molar-refractivity contribution is 5.97. The van der Waals surface area contributed by atoms with Crippen LogP contribution in [-0.2, 0) is 9.59 Å². The summed E-state index contributed by atoms with van der Waals surface area (Å²) in [5.41, 5.74) is 1.73. The molecule has 0 aliphatic carbocycles. The first-order valence-corrected chi connectivity index (χ1v) is 8.31. The number of rotatable bonds is 4. The van der Waals surface area contributed by atoms with Crippen molar-refractivity contribution in [3.8, 4) is 5.69 Å². The van der Waals surface area contributed by atoms with Crippen LogP contribution >= 0.6 is 0 Å². The molecule has 1 atom stereocenters. The first kappa shape index (κ1) is 16.2. The van der Waals surface area contributed by atoms with Gasteiger partial charge in [0.05, 0.1) is 0 Å². The summed E-state index contributed by atoms with van der Waals surface area (Å²) in [6.45, 7) is 4.44. The van der Waals surface area contributed by atoms with E-state index in [0.717, 1.165) is 30.0 Å². The van der Waals surface area contributed by atoms with Gasteiger partial charge < -0.3 is 14.8 Å². The summed E-state index contributed by atoms with van der Waals surface area (Å²) in [4.78, 5) is 30.3. The van der Waals surface area contributed by atoms with E-state index in [-0.39, 0.29) is 17.9 Å². The topological polar surface area (TPSA) is 67.2 Å². The van der Waals surface area contributed by atoms with Gasteiger partial charge in [-0.1, -0.05) is 6.92 Å². The molecule has 1 fully saturated rings. The van der Waals surface area contributed by atoms with Gasteiger partial charge in [0, 0.05) is 36.7 Å². The predicted molar refractivity (Wildman–Crippen MR) is 92.0 cm³/mol. The molecule has 0 spiro atoms. The van der Waals surface area contributed by atoms with E-state index in [0.29, 0.717) is 13.0 Å². The SMILES string of the molecule is CCC(=O)N1CCCC1C(=O)Nc1ccc(-n2ccnc2C)cc1. The molecule has 2 amide bonds.